The van der Waals surface area contributed by atoms with E-state index in [1.165, 1.54) is 13.0 Å². The van der Waals surface area contributed by atoms with Crippen LogP contribution in [0.15, 0.2) is 18.2 Å². The monoisotopic (exact) mass is 241 g/mol. The van der Waals surface area contributed by atoms with E-state index in [4.69, 9.17) is 11.6 Å². The lowest BCUT2D eigenvalue weighted by molar-refractivity contribution is -0.130. The van der Waals surface area contributed by atoms with Gasteiger partial charge in [0.15, 0.2) is 0 Å². The van der Waals surface area contributed by atoms with E-state index in [9.17, 15) is 9.18 Å². The van der Waals surface area contributed by atoms with Crippen LogP contribution in [0.2, 0.25) is 5.02 Å². The summed E-state index contributed by atoms with van der Waals surface area (Å²) in [5.41, 5.74) is 0.409. The number of benzene rings is 1. The first-order chi connectivity index (χ1) is 7.59. The van der Waals surface area contributed by atoms with Crippen LogP contribution in [-0.2, 0) is 11.3 Å². The third-order valence-electron chi connectivity index (χ3n) is 2.78. The fourth-order valence-corrected chi connectivity index (χ4v) is 1.96. The Morgan fingerprint density at radius 3 is 2.75 bits per heavy atom. The molecule has 0 aliphatic heterocycles. The van der Waals surface area contributed by atoms with Crippen molar-refractivity contribution in [2.45, 2.75) is 32.4 Å². The van der Waals surface area contributed by atoms with Crippen molar-refractivity contribution in [3.63, 3.8) is 0 Å². The van der Waals surface area contributed by atoms with Crippen LogP contribution in [0.4, 0.5) is 4.39 Å². The van der Waals surface area contributed by atoms with Crippen molar-refractivity contribution in [1.82, 2.24) is 4.90 Å². The van der Waals surface area contributed by atoms with Crippen molar-refractivity contribution in [3.05, 3.63) is 34.6 Å². The standard InChI is InChI=1S/C12H13ClFNO/c1-8(16)15(9-5-6-9)7-10-11(13)3-2-4-12(10)14/h2-4,9H,5-7H2,1H3. The van der Waals surface area contributed by atoms with Crippen LogP contribution in [0.5, 0.6) is 0 Å². The largest absolute Gasteiger partial charge is 0.335 e. The van der Waals surface area contributed by atoms with Crippen LogP contribution in [0.1, 0.15) is 25.3 Å². The minimum absolute atomic E-state index is 0.0261. The number of amides is 1. The Morgan fingerprint density at radius 1 is 1.56 bits per heavy atom. The quantitative estimate of drug-likeness (QED) is 0.797. The fraction of sp³-hybridized carbons (Fsp3) is 0.417. The van der Waals surface area contributed by atoms with Crippen molar-refractivity contribution in [2.24, 2.45) is 0 Å². The van der Waals surface area contributed by atoms with Gasteiger partial charge in [-0.05, 0) is 25.0 Å². The lowest BCUT2D eigenvalue weighted by atomic mass is 10.2. The molecule has 1 amide bonds. The molecule has 16 heavy (non-hydrogen) atoms. The van der Waals surface area contributed by atoms with E-state index in [0.29, 0.717) is 10.6 Å². The molecule has 2 nitrogen and oxygen atoms in total. The molecule has 0 saturated heterocycles. The molecular weight excluding hydrogens is 229 g/mol. The van der Waals surface area contributed by atoms with Gasteiger partial charge in [0.25, 0.3) is 0 Å². The van der Waals surface area contributed by atoms with Crippen molar-refractivity contribution in [2.75, 3.05) is 0 Å². The summed E-state index contributed by atoms with van der Waals surface area (Å²) in [4.78, 5) is 13.1. The highest BCUT2D eigenvalue weighted by atomic mass is 35.5. The molecule has 0 bridgehead atoms. The van der Waals surface area contributed by atoms with Gasteiger partial charge in [0.05, 0.1) is 6.54 Å². The molecule has 2 rings (SSSR count). The molecule has 0 spiro atoms. The van der Waals surface area contributed by atoms with Gasteiger partial charge in [-0.2, -0.15) is 0 Å². The summed E-state index contributed by atoms with van der Waals surface area (Å²) in [5, 5.41) is 0.381. The van der Waals surface area contributed by atoms with Crippen molar-refractivity contribution >= 4 is 17.5 Å². The number of carbonyl (C=O) groups is 1. The highest BCUT2D eigenvalue weighted by molar-refractivity contribution is 6.31. The maximum atomic E-state index is 13.5. The summed E-state index contributed by atoms with van der Waals surface area (Å²) < 4.78 is 13.5. The first-order valence-electron chi connectivity index (χ1n) is 5.29. The number of carbonyl (C=O) groups excluding carboxylic acids is 1. The summed E-state index contributed by atoms with van der Waals surface area (Å²) >= 11 is 5.93. The van der Waals surface area contributed by atoms with E-state index in [0.717, 1.165) is 12.8 Å². The summed E-state index contributed by atoms with van der Waals surface area (Å²) in [6, 6.07) is 4.85. The Hall–Kier alpha value is -1.09. The molecule has 86 valence electrons. The number of nitrogens with zero attached hydrogens (tertiary/aromatic N) is 1. The maximum Gasteiger partial charge on any atom is 0.219 e. The minimum atomic E-state index is -0.348. The third-order valence-corrected chi connectivity index (χ3v) is 3.14. The molecule has 0 atom stereocenters. The summed E-state index contributed by atoms with van der Waals surface area (Å²) in [5.74, 6) is -0.374. The molecule has 0 N–H and O–H groups in total. The molecule has 1 aliphatic rings. The van der Waals surface area contributed by atoms with Gasteiger partial charge < -0.3 is 4.90 Å². The second kappa shape index (κ2) is 4.42. The average molecular weight is 242 g/mol. The summed E-state index contributed by atoms with van der Waals surface area (Å²) in [6.45, 7) is 1.78. The number of hydrogen-bond acceptors (Lipinski definition) is 1. The molecule has 1 aromatic rings. The lowest BCUT2D eigenvalue weighted by Crippen LogP contribution is -2.30. The van der Waals surface area contributed by atoms with E-state index in [1.807, 2.05) is 0 Å². The van der Waals surface area contributed by atoms with Crippen LogP contribution in [-0.4, -0.2) is 16.8 Å². The maximum absolute atomic E-state index is 13.5. The van der Waals surface area contributed by atoms with Crippen LogP contribution in [0, 0.1) is 5.82 Å². The van der Waals surface area contributed by atoms with E-state index in [2.05, 4.69) is 0 Å². The highest BCUT2D eigenvalue weighted by Crippen LogP contribution is 2.30. The van der Waals surface area contributed by atoms with Crippen molar-refractivity contribution in [1.29, 1.82) is 0 Å². The number of halogens is 2. The second-order valence-corrected chi connectivity index (χ2v) is 4.49. The smallest absolute Gasteiger partial charge is 0.219 e. The zero-order valence-corrected chi connectivity index (χ0v) is 9.80. The highest BCUT2D eigenvalue weighted by Gasteiger charge is 2.31. The van der Waals surface area contributed by atoms with Gasteiger partial charge in [-0.25, -0.2) is 4.39 Å². The summed E-state index contributed by atoms with van der Waals surface area (Å²) in [6.07, 6.45) is 2.01. The zero-order chi connectivity index (χ0) is 11.7. The SMILES string of the molecule is CC(=O)N(Cc1c(F)cccc1Cl)C1CC1. The molecule has 1 aliphatic carbocycles. The van der Waals surface area contributed by atoms with Crippen LogP contribution >= 0.6 is 11.6 Å². The van der Waals surface area contributed by atoms with E-state index >= 15 is 0 Å². The van der Waals surface area contributed by atoms with Crippen LogP contribution in [0.25, 0.3) is 0 Å². The number of hydrogen-bond donors (Lipinski definition) is 0. The molecule has 0 unspecified atom stereocenters. The van der Waals surface area contributed by atoms with Crippen LogP contribution in [0.3, 0.4) is 0 Å². The molecule has 0 aromatic heterocycles. The molecule has 4 heteroatoms. The van der Waals surface area contributed by atoms with Gasteiger partial charge in [0.2, 0.25) is 5.91 Å². The molecular formula is C12H13ClFNO. The van der Waals surface area contributed by atoms with E-state index in [-0.39, 0.29) is 24.3 Å². The van der Waals surface area contributed by atoms with Crippen molar-refractivity contribution < 1.29 is 9.18 Å². The topological polar surface area (TPSA) is 20.3 Å². The van der Waals surface area contributed by atoms with Gasteiger partial charge in [0, 0.05) is 23.6 Å². The first kappa shape index (κ1) is 11.4. The summed E-state index contributed by atoms with van der Waals surface area (Å²) in [7, 11) is 0. The zero-order valence-electron chi connectivity index (χ0n) is 9.04. The molecule has 1 saturated carbocycles. The predicted molar refractivity (Wildman–Crippen MR) is 60.7 cm³/mol. The minimum Gasteiger partial charge on any atom is -0.335 e. The Kier molecular flexibility index (Phi) is 3.15. The first-order valence-corrected chi connectivity index (χ1v) is 5.67. The molecule has 1 aromatic carbocycles. The molecule has 0 radical (unpaired) electrons. The average Bonchev–Trinajstić information content (AvgIpc) is 3.00. The van der Waals surface area contributed by atoms with Gasteiger partial charge in [-0.15, -0.1) is 0 Å². The van der Waals surface area contributed by atoms with Crippen LogP contribution < -0.4 is 0 Å². The molecule has 1 fully saturated rings. The lowest BCUT2D eigenvalue weighted by Gasteiger charge is -2.21. The second-order valence-electron chi connectivity index (χ2n) is 4.08. The van der Waals surface area contributed by atoms with Gasteiger partial charge in [-0.3, -0.25) is 4.79 Å². The van der Waals surface area contributed by atoms with E-state index < -0.39 is 0 Å². The Labute approximate surface area is 99.0 Å². The Balaban J connectivity index is 2.21. The normalized spacial score (nSPS) is 14.9. The predicted octanol–water partition coefficient (Wildman–Crippen LogP) is 2.99. The van der Waals surface area contributed by atoms with Crippen molar-refractivity contribution in [3.8, 4) is 0 Å². The van der Waals surface area contributed by atoms with Gasteiger partial charge in [0.1, 0.15) is 5.82 Å². The Morgan fingerprint density at radius 2 is 2.25 bits per heavy atom. The van der Waals surface area contributed by atoms with Gasteiger partial charge >= 0.3 is 0 Å². The fourth-order valence-electron chi connectivity index (χ4n) is 1.74. The third kappa shape index (κ3) is 2.35. The van der Waals surface area contributed by atoms with E-state index in [1.54, 1.807) is 17.0 Å². The molecule has 0 heterocycles. The Bertz CT molecular complexity index is 397. The van der Waals surface area contributed by atoms with Gasteiger partial charge in [-0.1, -0.05) is 17.7 Å². The number of rotatable bonds is 3.